The maximum atomic E-state index is 8.53. The molecular weight excluding hydrogens is 285 g/mol. The molecule has 1 aromatic rings. The average Bonchev–Trinajstić information content (AvgIpc) is 2.45. The van der Waals surface area contributed by atoms with E-state index in [0.29, 0.717) is 0 Å². The van der Waals surface area contributed by atoms with Gasteiger partial charge in [0.1, 0.15) is 0 Å². The molecule has 0 bridgehead atoms. The number of hydrogen-bond acceptors (Lipinski definition) is 3. The molecule has 0 amide bonds. The number of nitrogens with one attached hydrogen (secondary N) is 1. The van der Waals surface area contributed by atoms with Crippen LogP contribution in [0.15, 0.2) is 11.4 Å². The van der Waals surface area contributed by atoms with E-state index >= 15 is 0 Å². The fraction of sp³-hybridized carbons (Fsp3) is 0.500. The van der Waals surface area contributed by atoms with Gasteiger partial charge in [-0.05, 0) is 52.6 Å². The fourth-order valence-corrected chi connectivity index (χ4v) is 2.29. The van der Waals surface area contributed by atoms with Crippen LogP contribution in [0.5, 0.6) is 0 Å². The van der Waals surface area contributed by atoms with Crippen molar-refractivity contribution >= 4 is 33.9 Å². The highest BCUT2D eigenvalue weighted by atomic mass is 127. The Kier molecular flexibility index (Phi) is 5.13. The van der Waals surface area contributed by atoms with Crippen molar-refractivity contribution in [2.24, 2.45) is 0 Å². The van der Waals surface area contributed by atoms with E-state index in [1.807, 2.05) is 0 Å². The van der Waals surface area contributed by atoms with E-state index in [1.54, 1.807) is 11.3 Å². The zero-order valence-corrected chi connectivity index (χ0v) is 9.69. The second-order valence-corrected chi connectivity index (χ2v) is 5.32. The van der Waals surface area contributed by atoms with Crippen LogP contribution in [0.2, 0.25) is 0 Å². The van der Waals surface area contributed by atoms with E-state index < -0.39 is 0 Å². The van der Waals surface area contributed by atoms with Crippen LogP contribution in [-0.4, -0.2) is 18.3 Å². The lowest BCUT2D eigenvalue weighted by Crippen LogP contribution is -2.15. The first kappa shape index (κ1) is 10.4. The predicted molar refractivity (Wildman–Crippen MR) is 60.4 cm³/mol. The minimum Gasteiger partial charge on any atom is -0.396 e. The lowest BCUT2D eigenvalue weighted by molar-refractivity contribution is 0.286. The first-order chi connectivity index (χ1) is 5.83. The molecule has 0 atom stereocenters. The Bertz CT molecular complexity index is 227. The quantitative estimate of drug-likeness (QED) is 0.642. The number of thiophene rings is 1. The van der Waals surface area contributed by atoms with Crippen molar-refractivity contribution in [1.29, 1.82) is 0 Å². The molecule has 0 unspecified atom stereocenters. The largest absolute Gasteiger partial charge is 0.396 e. The molecule has 0 aliphatic carbocycles. The molecule has 1 heterocycles. The summed E-state index contributed by atoms with van der Waals surface area (Å²) in [4.78, 5) is 0. The van der Waals surface area contributed by atoms with Gasteiger partial charge in [0, 0.05) is 13.2 Å². The predicted octanol–water partition coefficient (Wildman–Crippen LogP) is 1.82. The summed E-state index contributed by atoms with van der Waals surface area (Å²) in [6, 6.07) is 2.18. The second-order valence-electron chi connectivity index (χ2n) is 2.51. The van der Waals surface area contributed by atoms with Crippen LogP contribution in [0.25, 0.3) is 0 Å². The van der Waals surface area contributed by atoms with E-state index in [2.05, 4.69) is 39.4 Å². The Morgan fingerprint density at radius 3 is 3.00 bits per heavy atom. The van der Waals surface area contributed by atoms with Crippen molar-refractivity contribution in [1.82, 2.24) is 5.32 Å². The highest BCUT2D eigenvalue weighted by Crippen LogP contribution is 2.16. The number of halogens is 1. The van der Waals surface area contributed by atoms with E-state index in [1.165, 1.54) is 8.45 Å². The SMILES string of the molecule is OCCCNCc1csc(I)c1. The monoisotopic (exact) mass is 297 g/mol. The Hall–Kier alpha value is 0.350. The maximum Gasteiger partial charge on any atom is 0.0656 e. The lowest BCUT2D eigenvalue weighted by atomic mass is 10.3. The molecule has 1 aromatic heterocycles. The number of hydrogen-bond donors (Lipinski definition) is 2. The molecule has 68 valence electrons. The molecule has 2 nitrogen and oxygen atoms in total. The standard InChI is InChI=1S/C8H12INOS/c9-8-4-7(6-12-8)5-10-2-1-3-11/h4,6,10-11H,1-3,5H2. The molecule has 0 spiro atoms. The third-order valence-corrected chi connectivity index (χ3v) is 3.30. The minimum absolute atomic E-state index is 0.272. The van der Waals surface area contributed by atoms with Gasteiger partial charge in [0.25, 0.3) is 0 Å². The zero-order valence-electron chi connectivity index (χ0n) is 6.72. The van der Waals surface area contributed by atoms with Gasteiger partial charge in [0.2, 0.25) is 0 Å². The van der Waals surface area contributed by atoms with Crippen LogP contribution in [0.3, 0.4) is 0 Å². The van der Waals surface area contributed by atoms with Crippen molar-refractivity contribution in [2.75, 3.05) is 13.2 Å². The van der Waals surface area contributed by atoms with Gasteiger partial charge in [0.15, 0.2) is 0 Å². The van der Waals surface area contributed by atoms with Crippen molar-refractivity contribution in [3.05, 3.63) is 19.9 Å². The third-order valence-electron chi connectivity index (χ3n) is 1.46. The van der Waals surface area contributed by atoms with Crippen LogP contribution in [0.1, 0.15) is 12.0 Å². The maximum absolute atomic E-state index is 8.53. The molecule has 0 aromatic carbocycles. The van der Waals surface area contributed by atoms with Crippen molar-refractivity contribution in [3.63, 3.8) is 0 Å². The molecule has 12 heavy (non-hydrogen) atoms. The van der Waals surface area contributed by atoms with Gasteiger partial charge in [-0.2, -0.15) is 0 Å². The van der Waals surface area contributed by atoms with Gasteiger partial charge in [-0.25, -0.2) is 0 Å². The Morgan fingerprint density at radius 2 is 2.42 bits per heavy atom. The summed E-state index contributed by atoms with van der Waals surface area (Å²) in [5, 5.41) is 13.9. The molecule has 1 rings (SSSR count). The molecule has 0 saturated carbocycles. The Balaban J connectivity index is 2.15. The molecule has 0 fully saturated rings. The highest BCUT2D eigenvalue weighted by molar-refractivity contribution is 14.1. The van der Waals surface area contributed by atoms with E-state index in [9.17, 15) is 0 Å². The van der Waals surface area contributed by atoms with Crippen LogP contribution in [-0.2, 0) is 6.54 Å². The van der Waals surface area contributed by atoms with Gasteiger partial charge in [-0.1, -0.05) is 0 Å². The fourth-order valence-electron chi connectivity index (χ4n) is 0.875. The van der Waals surface area contributed by atoms with Gasteiger partial charge in [-0.3, -0.25) is 0 Å². The van der Waals surface area contributed by atoms with Crippen LogP contribution >= 0.6 is 33.9 Å². The van der Waals surface area contributed by atoms with E-state index in [0.717, 1.165) is 19.5 Å². The summed E-state index contributed by atoms with van der Waals surface area (Å²) in [5.74, 6) is 0. The summed E-state index contributed by atoms with van der Waals surface area (Å²) in [7, 11) is 0. The number of aliphatic hydroxyl groups is 1. The van der Waals surface area contributed by atoms with Crippen molar-refractivity contribution in [2.45, 2.75) is 13.0 Å². The molecule has 2 N–H and O–H groups in total. The summed E-state index contributed by atoms with van der Waals surface area (Å²) >= 11 is 4.09. The molecule has 0 radical (unpaired) electrons. The minimum atomic E-state index is 0.272. The zero-order chi connectivity index (χ0) is 8.81. The van der Waals surface area contributed by atoms with Crippen LogP contribution < -0.4 is 5.32 Å². The Labute approximate surface area is 90.1 Å². The van der Waals surface area contributed by atoms with Gasteiger partial charge in [-0.15, -0.1) is 11.3 Å². The number of rotatable bonds is 5. The van der Waals surface area contributed by atoms with Crippen LogP contribution in [0, 0.1) is 2.88 Å². The summed E-state index contributed by atoms with van der Waals surface area (Å²) in [6.45, 7) is 2.08. The van der Waals surface area contributed by atoms with Gasteiger partial charge in [0.05, 0.1) is 2.88 Å². The first-order valence-electron chi connectivity index (χ1n) is 3.87. The second kappa shape index (κ2) is 5.90. The molecule has 4 heteroatoms. The van der Waals surface area contributed by atoms with E-state index in [4.69, 9.17) is 5.11 Å². The molecular formula is C8H12INOS. The summed E-state index contributed by atoms with van der Waals surface area (Å²) < 4.78 is 1.33. The van der Waals surface area contributed by atoms with Gasteiger partial charge < -0.3 is 10.4 Å². The number of aliphatic hydroxyl groups excluding tert-OH is 1. The van der Waals surface area contributed by atoms with Gasteiger partial charge >= 0.3 is 0 Å². The highest BCUT2D eigenvalue weighted by Gasteiger charge is 1.95. The topological polar surface area (TPSA) is 32.3 Å². The third kappa shape index (κ3) is 3.84. The smallest absolute Gasteiger partial charge is 0.0656 e. The first-order valence-corrected chi connectivity index (χ1v) is 5.83. The van der Waals surface area contributed by atoms with Crippen molar-refractivity contribution in [3.8, 4) is 0 Å². The molecule has 0 aliphatic heterocycles. The van der Waals surface area contributed by atoms with E-state index in [-0.39, 0.29) is 6.61 Å². The normalized spacial score (nSPS) is 10.5. The Morgan fingerprint density at radius 1 is 1.58 bits per heavy atom. The molecule has 0 aliphatic rings. The van der Waals surface area contributed by atoms with Crippen molar-refractivity contribution < 1.29 is 5.11 Å². The molecule has 0 saturated heterocycles. The lowest BCUT2D eigenvalue weighted by Gasteiger charge is -1.99. The summed E-state index contributed by atoms with van der Waals surface area (Å²) in [6.07, 6.45) is 0.835. The average molecular weight is 297 g/mol. The summed E-state index contributed by atoms with van der Waals surface area (Å²) in [5.41, 5.74) is 1.34. The van der Waals surface area contributed by atoms with Crippen LogP contribution in [0.4, 0.5) is 0 Å².